The summed E-state index contributed by atoms with van der Waals surface area (Å²) >= 11 is 12.6. The van der Waals surface area contributed by atoms with E-state index in [0.29, 0.717) is 27.6 Å². The summed E-state index contributed by atoms with van der Waals surface area (Å²) in [4.78, 5) is 28.2. The number of fused-ring (bicyclic) bond motifs is 1. The molecule has 3 aromatic rings. The minimum atomic E-state index is -0.325. The van der Waals surface area contributed by atoms with Crippen molar-refractivity contribution in [2.45, 2.75) is 6.42 Å². The van der Waals surface area contributed by atoms with Crippen molar-refractivity contribution in [3.05, 3.63) is 64.3 Å². The summed E-state index contributed by atoms with van der Waals surface area (Å²) in [5.41, 5.74) is 2.68. The van der Waals surface area contributed by atoms with Crippen LogP contribution in [0.25, 0.3) is 0 Å². The molecule has 38 heavy (non-hydrogen) atoms. The van der Waals surface area contributed by atoms with Crippen LogP contribution in [0.5, 0.6) is 5.88 Å². The first-order valence-electron chi connectivity index (χ1n) is 12.7. The van der Waals surface area contributed by atoms with Crippen LogP contribution >= 0.6 is 23.2 Å². The second-order valence-corrected chi connectivity index (χ2v) is 10.5. The van der Waals surface area contributed by atoms with Crippen molar-refractivity contribution in [1.82, 2.24) is 14.9 Å². The molecular formula is C27H28Cl2N6O3. The molecule has 3 aliphatic heterocycles. The Labute approximate surface area is 231 Å². The van der Waals surface area contributed by atoms with Gasteiger partial charge in [0.1, 0.15) is 5.56 Å². The van der Waals surface area contributed by atoms with Gasteiger partial charge in [0.15, 0.2) is 6.73 Å². The number of carbonyl (C=O) groups is 1. The largest absolute Gasteiger partial charge is 0.455 e. The van der Waals surface area contributed by atoms with Gasteiger partial charge in [0, 0.05) is 56.9 Å². The quantitative estimate of drug-likeness (QED) is 0.470. The third-order valence-electron chi connectivity index (χ3n) is 7.17. The molecule has 11 heteroatoms. The number of carbonyl (C=O) groups excluding carboxylic acids is 1. The summed E-state index contributed by atoms with van der Waals surface area (Å²) in [6.07, 6.45) is 2.64. The van der Waals surface area contributed by atoms with Crippen LogP contribution in [0.15, 0.2) is 48.7 Å². The standard InChI is InChI=1S/C27H28Cl2N6O3/c28-22-2-1-3-23(29)24(22)35-17-38-25-21(26(35)36)14-30-27(32-25)31-19-4-6-20(7-5-19)34-11-9-33(10-12-34)15-18-8-13-37-16-18/h1-7,14,18H,8-13,15-17H2,(H,30,31,32). The predicted molar refractivity (Wildman–Crippen MR) is 148 cm³/mol. The second kappa shape index (κ2) is 10.9. The summed E-state index contributed by atoms with van der Waals surface area (Å²) in [7, 11) is 0. The number of halogens is 2. The summed E-state index contributed by atoms with van der Waals surface area (Å²) in [6.45, 7) is 7.05. The van der Waals surface area contributed by atoms with E-state index in [1.807, 2.05) is 12.1 Å². The van der Waals surface area contributed by atoms with Gasteiger partial charge in [-0.05, 0) is 48.7 Å². The minimum Gasteiger partial charge on any atom is -0.455 e. The van der Waals surface area contributed by atoms with Gasteiger partial charge in [0.05, 0.1) is 22.3 Å². The number of benzene rings is 2. The number of para-hydroxylation sites is 1. The fraction of sp³-hybridized carbons (Fsp3) is 0.370. The van der Waals surface area contributed by atoms with Crippen molar-refractivity contribution < 1.29 is 14.3 Å². The zero-order chi connectivity index (χ0) is 26.1. The zero-order valence-corrected chi connectivity index (χ0v) is 22.3. The van der Waals surface area contributed by atoms with E-state index in [4.69, 9.17) is 32.7 Å². The van der Waals surface area contributed by atoms with E-state index in [1.165, 1.54) is 23.2 Å². The Kier molecular flexibility index (Phi) is 7.25. The van der Waals surface area contributed by atoms with E-state index in [1.54, 1.807) is 18.2 Å². The molecule has 9 nitrogen and oxygen atoms in total. The number of nitrogens with zero attached hydrogens (tertiary/aromatic N) is 5. The van der Waals surface area contributed by atoms with Crippen LogP contribution in [-0.2, 0) is 4.74 Å². The lowest BCUT2D eigenvalue weighted by Crippen LogP contribution is -2.47. The summed E-state index contributed by atoms with van der Waals surface area (Å²) in [5.74, 6) is 0.915. The molecule has 1 N–H and O–H groups in total. The highest BCUT2D eigenvalue weighted by atomic mass is 35.5. The Bertz CT molecular complexity index is 1290. The Morgan fingerprint density at radius 3 is 2.50 bits per heavy atom. The smallest absolute Gasteiger partial charge is 0.268 e. The second-order valence-electron chi connectivity index (χ2n) is 9.68. The number of hydrogen-bond acceptors (Lipinski definition) is 8. The molecule has 4 heterocycles. The van der Waals surface area contributed by atoms with Crippen molar-refractivity contribution >= 4 is 52.1 Å². The third kappa shape index (κ3) is 5.24. The first kappa shape index (κ1) is 25.2. The van der Waals surface area contributed by atoms with Crippen LogP contribution in [0.3, 0.4) is 0 Å². The molecule has 0 bridgehead atoms. The van der Waals surface area contributed by atoms with Crippen molar-refractivity contribution in [3.63, 3.8) is 0 Å². The molecular weight excluding hydrogens is 527 g/mol. The Hall–Kier alpha value is -3.11. The summed E-state index contributed by atoms with van der Waals surface area (Å²) in [5, 5.41) is 3.92. The number of rotatable bonds is 6. The monoisotopic (exact) mass is 554 g/mol. The highest BCUT2D eigenvalue weighted by molar-refractivity contribution is 6.40. The van der Waals surface area contributed by atoms with Crippen LogP contribution < -0.4 is 19.9 Å². The predicted octanol–water partition coefficient (Wildman–Crippen LogP) is 4.68. The van der Waals surface area contributed by atoms with Gasteiger partial charge in [-0.25, -0.2) is 4.98 Å². The average molecular weight is 555 g/mol. The van der Waals surface area contributed by atoms with Gasteiger partial charge < -0.3 is 19.7 Å². The maximum Gasteiger partial charge on any atom is 0.268 e. The first-order valence-corrected chi connectivity index (χ1v) is 13.5. The first-order chi connectivity index (χ1) is 18.5. The molecule has 2 aromatic carbocycles. The summed E-state index contributed by atoms with van der Waals surface area (Å²) < 4.78 is 11.3. The van der Waals surface area contributed by atoms with Gasteiger partial charge in [-0.2, -0.15) is 4.98 Å². The number of hydrogen-bond donors (Lipinski definition) is 1. The van der Waals surface area contributed by atoms with Gasteiger partial charge in [-0.3, -0.25) is 14.6 Å². The van der Waals surface area contributed by atoms with E-state index >= 15 is 0 Å². The maximum atomic E-state index is 13.1. The van der Waals surface area contributed by atoms with Gasteiger partial charge in [0.2, 0.25) is 11.8 Å². The van der Waals surface area contributed by atoms with Crippen LogP contribution in [-0.4, -0.2) is 73.4 Å². The maximum absolute atomic E-state index is 13.1. The highest BCUT2D eigenvalue weighted by Crippen LogP contribution is 2.37. The SMILES string of the molecule is O=C1c2cnc(Nc3ccc(N4CCN(CC5CCOC5)CC4)cc3)nc2OCN1c1c(Cl)cccc1Cl. The highest BCUT2D eigenvalue weighted by Gasteiger charge is 2.31. The number of piperazine rings is 1. The fourth-order valence-corrected chi connectivity index (χ4v) is 5.69. The van der Waals surface area contributed by atoms with Crippen LogP contribution in [0.2, 0.25) is 10.0 Å². The molecule has 3 aliphatic rings. The van der Waals surface area contributed by atoms with Crippen molar-refractivity contribution in [2.24, 2.45) is 5.92 Å². The number of aromatic nitrogens is 2. The lowest BCUT2D eigenvalue weighted by atomic mass is 10.1. The topological polar surface area (TPSA) is 83.1 Å². The summed E-state index contributed by atoms with van der Waals surface area (Å²) in [6, 6.07) is 13.3. The van der Waals surface area contributed by atoms with Crippen LogP contribution in [0.4, 0.5) is 23.0 Å². The van der Waals surface area contributed by atoms with Crippen molar-refractivity contribution in [2.75, 3.05) is 67.8 Å². The molecule has 0 saturated carbocycles. The normalized spacial score (nSPS) is 19.8. The molecule has 1 aromatic heterocycles. The average Bonchev–Trinajstić information content (AvgIpc) is 3.44. The Morgan fingerprint density at radius 1 is 1.03 bits per heavy atom. The third-order valence-corrected chi connectivity index (χ3v) is 7.78. The number of nitrogens with one attached hydrogen (secondary N) is 1. The molecule has 2 saturated heterocycles. The zero-order valence-electron chi connectivity index (χ0n) is 20.8. The number of anilines is 4. The fourth-order valence-electron chi connectivity index (χ4n) is 5.09. The molecule has 6 rings (SSSR count). The van der Waals surface area contributed by atoms with E-state index in [2.05, 4.69) is 37.2 Å². The van der Waals surface area contributed by atoms with E-state index in [0.717, 1.165) is 51.6 Å². The number of amides is 1. The number of ether oxygens (including phenoxy) is 2. The molecule has 0 aliphatic carbocycles. The van der Waals surface area contributed by atoms with Gasteiger partial charge in [-0.15, -0.1) is 0 Å². The minimum absolute atomic E-state index is 0.0534. The molecule has 1 amide bonds. The van der Waals surface area contributed by atoms with Gasteiger partial charge in [-0.1, -0.05) is 29.3 Å². The van der Waals surface area contributed by atoms with E-state index in [9.17, 15) is 4.79 Å². The van der Waals surface area contributed by atoms with Crippen molar-refractivity contribution in [3.8, 4) is 5.88 Å². The molecule has 2 fully saturated rings. The lowest BCUT2D eigenvalue weighted by Gasteiger charge is -2.37. The van der Waals surface area contributed by atoms with Gasteiger partial charge >= 0.3 is 0 Å². The Balaban J connectivity index is 1.07. The van der Waals surface area contributed by atoms with E-state index < -0.39 is 0 Å². The molecule has 0 radical (unpaired) electrons. The van der Waals surface area contributed by atoms with Crippen LogP contribution in [0, 0.1) is 5.92 Å². The molecule has 1 atom stereocenters. The van der Waals surface area contributed by atoms with Crippen LogP contribution in [0.1, 0.15) is 16.8 Å². The van der Waals surface area contributed by atoms with E-state index in [-0.39, 0.29) is 24.1 Å². The van der Waals surface area contributed by atoms with Gasteiger partial charge in [0.25, 0.3) is 5.91 Å². The molecule has 0 spiro atoms. The Morgan fingerprint density at radius 2 is 1.79 bits per heavy atom. The molecule has 1 unspecified atom stereocenters. The molecule has 198 valence electrons. The van der Waals surface area contributed by atoms with Crippen molar-refractivity contribution in [1.29, 1.82) is 0 Å². The lowest BCUT2D eigenvalue weighted by molar-refractivity contribution is 0.0932.